The Balaban J connectivity index is 3.82. The van der Waals surface area contributed by atoms with E-state index in [9.17, 15) is 9.18 Å². The third-order valence-corrected chi connectivity index (χ3v) is 0.671. The standard InChI is InChI=1S/C4H8BFO2/c1-4(5,6)3(7)8-2/h5H2,1-2H3. The lowest BCUT2D eigenvalue weighted by Crippen LogP contribution is -2.31. The summed E-state index contributed by atoms with van der Waals surface area (Å²) in [5.74, 6) is -0.836. The first kappa shape index (κ1) is 7.46. The average molecular weight is 118 g/mol. The van der Waals surface area contributed by atoms with Crippen molar-refractivity contribution in [1.82, 2.24) is 0 Å². The highest BCUT2D eigenvalue weighted by Crippen LogP contribution is 2.04. The molecule has 0 aromatic rings. The summed E-state index contributed by atoms with van der Waals surface area (Å²) >= 11 is 0. The van der Waals surface area contributed by atoms with Gasteiger partial charge in [0.1, 0.15) is 0 Å². The molecule has 0 spiro atoms. The molecule has 0 radical (unpaired) electrons. The zero-order valence-corrected chi connectivity index (χ0v) is 5.19. The average Bonchev–Trinajstić information content (AvgIpc) is 1.62. The molecule has 0 aliphatic heterocycles. The lowest BCUT2D eigenvalue weighted by atomic mass is 9.86. The highest BCUT2D eigenvalue weighted by atomic mass is 19.1. The fourth-order valence-electron chi connectivity index (χ4n) is 0.243. The molecule has 0 saturated heterocycles. The third kappa shape index (κ3) is 1.96. The molecule has 1 unspecified atom stereocenters. The van der Waals surface area contributed by atoms with Crippen LogP contribution in [0.15, 0.2) is 0 Å². The van der Waals surface area contributed by atoms with Crippen molar-refractivity contribution < 1.29 is 13.9 Å². The van der Waals surface area contributed by atoms with Crippen molar-refractivity contribution in [2.75, 3.05) is 7.11 Å². The minimum atomic E-state index is -1.85. The Kier molecular flexibility index (Phi) is 2.01. The Labute approximate surface area is 48.4 Å². The molecule has 46 valence electrons. The molecule has 2 nitrogen and oxygen atoms in total. The molecule has 4 heteroatoms. The Morgan fingerprint density at radius 1 is 1.88 bits per heavy atom. The number of halogens is 1. The Morgan fingerprint density at radius 3 is 2.25 bits per heavy atom. The first-order valence-corrected chi connectivity index (χ1v) is 2.26. The normalized spacial score (nSPS) is 16.9. The van der Waals surface area contributed by atoms with E-state index in [1.165, 1.54) is 0 Å². The van der Waals surface area contributed by atoms with Crippen molar-refractivity contribution >= 4 is 13.8 Å². The largest absolute Gasteiger partial charge is 0.467 e. The van der Waals surface area contributed by atoms with Gasteiger partial charge in [-0.2, -0.15) is 0 Å². The predicted molar refractivity (Wildman–Crippen MR) is 30.1 cm³/mol. The van der Waals surface area contributed by atoms with E-state index in [0.717, 1.165) is 21.9 Å². The quantitative estimate of drug-likeness (QED) is 0.342. The van der Waals surface area contributed by atoms with Crippen molar-refractivity contribution in [3.8, 4) is 0 Å². The van der Waals surface area contributed by atoms with Gasteiger partial charge >= 0.3 is 5.97 Å². The number of carbonyl (C=O) groups is 1. The van der Waals surface area contributed by atoms with Gasteiger partial charge in [-0.3, -0.25) is 0 Å². The summed E-state index contributed by atoms with van der Waals surface area (Å²) < 4.78 is 16.4. The monoisotopic (exact) mass is 118 g/mol. The van der Waals surface area contributed by atoms with E-state index < -0.39 is 11.5 Å². The van der Waals surface area contributed by atoms with Gasteiger partial charge < -0.3 is 4.74 Å². The smallest absolute Gasteiger partial charge is 0.333 e. The van der Waals surface area contributed by atoms with Crippen LogP contribution in [0.2, 0.25) is 0 Å². The van der Waals surface area contributed by atoms with Crippen LogP contribution in [0.3, 0.4) is 0 Å². The number of esters is 1. The number of carbonyl (C=O) groups excluding carboxylic acids is 1. The van der Waals surface area contributed by atoms with Crippen LogP contribution < -0.4 is 0 Å². The van der Waals surface area contributed by atoms with E-state index in [4.69, 9.17) is 0 Å². The highest BCUT2D eigenvalue weighted by Gasteiger charge is 2.26. The van der Waals surface area contributed by atoms with Gasteiger partial charge in [0.25, 0.3) is 0 Å². The van der Waals surface area contributed by atoms with E-state index in [2.05, 4.69) is 4.74 Å². The van der Waals surface area contributed by atoms with Gasteiger partial charge in [0.05, 0.1) is 7.11 Å². The van der Waals surface area contributed by atoms with Gasteiger partial charge in [0.15, 0.2) is 13.4 Å². The highest BCUT2D eigenvalue weighted by molar-refractivity contribution is 6.25. The number of alkyl halides is 1. The van der Waals surface area contributed by atoms with Crippen molar-refractivity contribution in [1.29, 1.82) is 0 Å². The fourth-order valence-corrected chi connectivity index (χ4v) is 0.243. The lowest BCUT2D eigenvalue weighted by Gasteiger charge is -2.08. The minimum absolute atomic E-state index is 0.836. The number of rotatable bonds is 1. The molecule has 0 aliphatic carbocycles. The summed E-state index contributed by atoms with van der Waals surface area (Å²) in [4.78, 5) is 10.2. The maximum absolute atomic E-state index is 12.3. The molecule has 0 bridgehead atoms. The fraction of sp³-hybridized carbons (Fsp3) is 0.750. The summed E-state index contributed by atoms with van der Waals surface area (Å²) in [6.07, 6.45) is 0. The van der Waals surface area contributed by atoms with Crippen molar-refractivity contribution in [2.45, 2.75) is 12.5 Å². The third-order valence-electron chi connectivity index (χ3n) is 0.671. The molecule has 0 aromatic carbocycles. The summed E-state index contributed by atoms with van der Waals surface area (Å²) in [7, 11) is 2.31. The SMILES string of the molecule is BC(C)(F)C(=O)OC. The Morgan fingerprint density at radius 2 is 2.25 bits per heavy atom. The van der Waals surface area contributed by atoms with Gasteiger partial charge in [-0.1, -0.05) is 0 Å². The lowest BCUT2D eigenvalue weighted by molar-refractivity contribution is -0.148. The summed E-state index contributed by atoms with van der Waals surface area (Å²) in [6.45, 7) is 1.15. The first-order valence-electron chi connectivity index (χ1n) is 2.26. The molecule has 0 rings (SSSR count). The van der Waals surface area contributed by atoms with E-state index in [-0.39, 0.29) is 0 Å². The van der Waals surface area contributed by atoms with Crippen LogP contribution in [0.1, 0.15) is 6.92 Å². The number of hydrogen-bond acceptors (Lipinski definition) is 2. The van der Waals surface area contributed by atoms with Crippen LogP contribution in [0, 0.1) is 0 Å². The molecule has 0 amide bonds. The molecular weight excluding hydrogens is 110 g/mol. The predicted octanol–water partition coefficient (Wildman–Crippen LogP) is -0.522. The van der Waals surface area contributed by atoms with Crippen LogP contribution in [0.25, 0.3) is 0 Å². The van der Waals surface area contributed by atoms with Crippen molar-refractivity contribution in [3.05, 3.63) is 0 Å². The van der Waals surface area contributed by atoms with E-state index >= 15 is 0 Å². The summed E-state index contributed by atoms with van der Waals surface area (Å²) in [5, 5.41) is 0. The maximum Gasteiger partial charge on any atom is 0.333 e. The van der Waals surface area contributed by atoms with Crippen LogP contribution in [-0.4, -0.2) is 26.5 Å². The Bertz CT molecular complexity index is 96.7. The van der Waals surface area contributed by atoms with E-state index in [0.29, 0.717) is 0 Å². The summed E-state index contributed by atoms with van der Waals surface area (Å²) in [6, 6.07) is 0. The molecule has 0 heterocycles. The zero-order chi connectivity index (χ0) is 6.78. The molecule has 0 aromatic heterocycles. The second kappa shape index (κ2) is 2.16. The maximum atomic E-state index is 12.3. The van der Waals surface area contributed by atoms with Gasteiger partial charge in [-0.15, -0.1) is 0 Å². The minimum Gasteiger partial charge on any atom is -0.467 e. The second-order valence-electron chi connectivity index (χ2n) is 1.96. The van der Waals surface area contributed by atoms with E-state index in [1.807, 2.05) is 0 Å². The molecule has 0 N–H and O–H groups in total. The van der Waals surface area contributed by atoms with Crippen LogP contribution in [0.4, 0.5) is 4.39 Å². The van der Waals surface area contributed by atoms with Crippen molar-refractivity contribution in [3.63, 3.8) is 0 Å². The van der Waals surface area contributed by atoms with Crippen molar-refractivity contribution in [2.24, 2.45) is 0 Å². The first-order chi connectivity index (χ1) is 3.48. The van der Waals surface area contributed by atoms with Gasteiger partial charge in [0.2, 0.25) is 0 Å². The molecular formula is C4H8BFO2. The molecule has 0 fully saturated rings. The molecule has 0 saturated carbocycles. The topological polar surface area (TPSA) is 26.3 Å². The molecule has 0 aliphatic rings. The van der Waals surface area contributed by atoms with E-state index in [1.54, 1.807) is 0 Å². The molecule has 8 heavy (non-hydrogen) atoms. The van der Waals surface area contributed by atoms with Gasteiger partial charge in [0, 0.05) is 0 Å². The number of ether oxygens (including phenoxy) is 1. The number of hydrogen-bond donors (Lipinski definition) is 0. The Hall–Kier alpha value is -0.535. The zero-order valence-electron chi connectivity index (χ0n) is 5.19. The van der Waals surface area contributed by atoms with Crippen LogP contribution >= 0.6 is 0 Å². The summed E-state index contributed by atoms with van der Waals surface area (Å²) in [5.41, 5.74) is -1.85. The van der Waals surface area contributed by atoms with Crippen LogP contribution in [-0.2, 0) is 9.53 Å². The number of methoxy groups -OCH3 is 1. The molecule has 1 atom stereocenters. The van der Waals surface area contributed by atoms with Gasteiger partial charge in [-0.05, 0) is 6.92 Å². The van der Waals surface area contributed by atoms with Crippen LogP contribution in [0.5, 0.6) is 0 Å². The second-order valence-corrected chi connectivity index (χ2v) is 1.96. The van der Waals surface area contributed by atoms with Gasteiger partial charge in [-0.25, -0.2) is 9.18 Å².